The monoisotopic (exact) mass is 423 g/mol. The highest BCUT2D eigenvalue weighted by Crippen LogP contribution is 2.27. The summed E-state index contributed by atoms with van der Waals surface area (Å²) in [5.41, 5.74) is 4.64. The Kier molecular flexibility index (Phi) is 7.10. The van der Waals surface area contributed by atoms with Gasteiger partial charge < -0.3 is 20.1 Å². The quantitative estimate of drug-likeness (QED) is 0.683. The van der Waals surface area contributed by atoms with Gasteiger partial charge in [0, 0.05) is 50.5 Å². The maximum Gasteiger partial charge on any atom is 0.224 e. The van der Waals surface area contributed by atoms with Crippen molar-refractivity contribution in [3.05, 3.63) is 53.6 Å². The van der Waals surface area contributed by atoms with Crippen LogP contribution in [-0.2, 0) is 17.6 Å². The van der Waals surface area contributed by atoms with Crippen LogP contribution < -0.4 is 15.0 Å². The van der Waals surface area contributed by atoms with E-state index in [9.17, 15) is 9.90 Å². The number of fused-ring (bicyclic) bond motifs is 1. The number of amides is 1. The lowest BCUT2D eigenvalue weighted by atomic mass is 10.0. The third-order valence-corrected chi connectivity index (χ3v) is 6.10. The van der Waals surface area contributed by atoms with Gasteiger partial charge in [-0.3, -0.25) is 9.69 Å². The summed E-state index contributed by atoms with van der Waals surface area (Å²) in [5.74, 6) is 0.801. The van der Waals surface area contributed by atoms with E-state index < -0.39 is 6.10 Å². The van der Waals surface area contributed by atoms with Gasteiger partial charge in [-0.05, 0) is 54.3 Å². The van der Waals surface area contributed by atoms with Crippen molar-refractivity contribution in [2.45, 2.75) is 38.7 Å². The Morgan fingerprint density at radius 1 is 1.06 bits per heavy atom. The van der Waals surface area contributed by atoms with E-state index in [1.807, 2.05) is 18.2 Å². The second kappa shape index (κ2) is 10.2. The van der Waals surface area contributed by atoms with Crippen molar-refractivity contribution in [2.75, 3.05) is 49.5 Å². The second-order valence-corrected chi connectivity index (χ2v) is 8.54. The highest BCUT2D eigenvalue weighted by Gasteiger charge is 2.20. The Balaban J connectivity index is 1.20. The molecular weight excluding hydrogens is 390 g/mol. The molecule has 0 aliphatic carbocycles. The number of carbonyl (C=O) groups excluding carboxylic acids is 1. The Bertz CT molecular complexity index is 876. The second-order valence-electron chi connectivity index (χ2n) is 8.54. The van der Waals surface area contributed by atoms with Crippen molar-refractivity contribution in [1.29, 1.82) is 0 Å². The molecule has 166 valence electrons. The molecule has 2 N–H and O–H groups in total. The summed E-state index contributed by atoms with van der Waals surface area (Å²) in [6.07, 6.45) is 3.02. The number of hydrogen-bond acceptors (Lipinski definition) is 5. The Labute approximate surface area is 184 Å². The molecule has 0 radical (unpaired) electrons. The molecule has 1 amide bonds. The Hall–Kier alpha value is -2.57. The zero-order chi connectivity index (χ0) is 21.6. The number of hydrogen-bond donors (Lipinski definition) is 2. The van der Waals surface area contributed by atoms with E-state index in [-0.39, 0.29) is 12.5 Å². The van der Waals surface area contributed by atoms with Gasteiger partial charge in [-0.1, -0.05) is 25.5 Å². The van der Waals surface area contributed by atoms with E-state index in [0.717, 1.165) is 56.0 Å². The number of aliphatic hydroxyl groups is 1. The Morgan fingerprint density at radius 3 is 2.58 bits per heavy atom. The first-order chi connectivity index (χ1) is 15.1. The summed E-state index contributed by atoms with van der Waals surface area (Å²) in [5, 5.41) is 13.3. The van der Waals surface area contributed by atoms with E-state index in [2.05, 4.69) is 46.3 Å². The third-order valence-electron chi connectivity index (χ3n) is 6.10. The topological polar surface area (TPSA) is 65.0 Å². The van der Waals surface area contributed by atoms with Crippen LogP contribution in [0, 0.1) is 0 Å². The molecule has 1 atom stereocenters. The van der Waals surface area contributed by atoms with Crippen LogP contribution >= 0.6 is 0 Å². The maximum absolute atomic E-state index is 11.5. The van der Waals surface area contributed by atoms with Crippen molar-refractivity contribution < 1.29 is 14.6 Å². The smallest absolute Gasteiger partial charge is 0.224 e. The maximum atomic E-state index is 11.5. The zero-order valence-corrected chi connectivity index (χ0v) is 18.3. The Morgan fingerprint density at radius 2 is 1.84 bits per heavy atom. The van der Waals surface area contributed by atoms with E-state index >= 15 is 0 Å². The number of β-amino-alcohol motifs (C(OH)–C–C–N with tert-alkyl or cyclic N) is 1. The van der Waals surface area contributed by atoms with E-state index in [1.165, 1.54) is 17.7 Å². The fourth-order valence-electron chi connectivity index (χ4n) is 4.34. The van der Waals surface area contributed by atoms with Crippen LogP contribution in [0.2, 0.25) is 0 Å². The lowest BCUT2D eigenvalue weighted by Crippen LogP contribution is -2.49. The van der Waals surface area contributed by atoms with Gasteiger partial charge in [0.05, 0.1) is 0 Å². The molecule has 2 aliphatic heterocycles. The average Bonchev–Trinajstić information content (AvgIpc) is 2.79. The molecule has 1 saturated heterocycles. The van der Waals surface area contributed by atoms with Crippen molar-refractivity contribution in [1.82, 2.24) is 4.90 Å². The molecule has 2 aliphatic rings. The predicted molar refractivity (Wildman–Crippen MR) is 124 cm³/mol. The standard InChI is InChI=1S/C25H33N3O3/c1-2-3-19-4-7-21(8-5-19)28-14-12-27(13-15-28)17-22(29)18-31-23-9-10-24-20(16-23)6-11-25(30)26-24/h4-5,7-10,16,22,29H,2-3,6,11-15,17-18H2,1H3,(H,26,30)/t22-/m1/s1. The molecule has 0 unspecified atom stereocenters. The fraction of sp³-hybridized carbons (Fsp3) is 0.480. The minimum Gasteiger partial charge on any atom is -0.491 e. The number of ether oxygens (including phenoxy) is 1. The van der Waals surface area contributed by atoms with Crippen LogP contribution in [0.1, 0.15) is 30.9 Å². The lowest BCUT2D eigenvalue weighted by molar-refractivity contribution is -0.116. The summed E-state index contributed by atoms with van der Waals surface area (Å²) >= 11 is 0. The minimum atomic E-state index is -0.532. The van der Waals surface area contributed by atoms with Crippen LogP contribution in [0.25, 0.3) is 0 Å². The van der Waals surface area contributed by atoms with Gasteiger partial charge in [-0.2, -0.15) is 0 Å². The molecule has 6 heteroatoms. The predicted octanol–water partition coefficient (Wildman–Crippen LogP) is 3.09. The summed E-state index contributed by atoms with van der Waals surface area (Å²) < 4.78 is 5.82. The van der Waals surface area contributed by atoms with Gasteiger partial charge in [0.15, 0.2) is 0 Å². The van der Waals surface area contributed by atoms with Gasteiger partial charge in [0.2, 0.25) is 5.91 Å². The normalized spacial score (nSPS) is 17.7. The highest BCUT2D eigenvalue weighted by atomic mass is 16.5. The van der Waals surface area contributed by atoms with Gasteiger partial charge in [-0.15, -0.1) is 0 Å². The van der Waals surface area contributed by atoms with E-state index in [0.29, 0.717) is 13.0 Å². The van der Waals surface area contributed by atoms with Crippen LogP contribution in [0.4, 0.5) is 11.4 Å². The number of rotatable bonds is 8. The van der Waals surface area contributed by atoms with Crippen LogP contribution in [0.5, 0.6) is 5.75 Å². The van der Waals surface area contributed by atoms with Crippen molar-refractivity contribution in [3.63, 3.8) is 0 Å². The SMILES string of the molecule is CCCc1ccc(N2CCN(C[C@@H](O)COc3ccc4c(c3)CCC(=O)N4)CC2)cc1. The molecule has 0 spiro atoms. The van der Waals surface area contributed by atoms with Crippen LogP contribution in [0.3, 0.4) is 0 Å². The summed E-state index contributed by atoms with van der Waals surface area (Å²) in [6.45, 7) is 6.90. The number of aryl methyl sites for hydroxylation is 2. The first kappa shape index (κ1) is 21.7. The minimum absolute atomic E-state index is 0.0604. The molecule has 31 heavy (non-hydrogen) atoms. The summed E-state index contributed by atoms with van der Waals surface area (Å²) in [6, 6.07) is 14.6. The molecule has 0 saturated carbocycles. The van der Waals surface area contributed by atoms with Gasteiger partial charge in [0.25, 0.3) is 0 Å². The first-order valence-electron chi connectivity index (χ1n) is 11.4. The third kappa shape index (κ3) is 5.77. The van der Waals surface area contributed by atoms with Crippen LogP contribution in [0.15, 0.2) is 42.5 Å². The van der Waals surface area contributed by atoms with Gasteiger partial charge in [0.1, 0.15) is 18.5 Å². The van der Waals surface area contributed by atoms with Crippen molar-refractivity contribution in [2.24, 2.45) is 0 Å². The number of carbonyl (C=O) groups is 1. The highest BCUT2D eigenvalue weighted by molar-refractivity contribution is 5.94. The number of benzene rings is 2. The average molecular weight is 424 g/mol. The molecule has 0 bridgehead atoms. The molecule has 2 aromatic rings. The molecular formula is C25H33N3O3. The van der Waals surface area contributed by atoms with Crippen LogP contribution in [-0.4, -0.2) is 61.3 Å². The van der Waals surface area contributed by atoms with Crippen molar-refractivity contribution >= 4 is 17.3 Å². The van der Waals surface area contributed by atoms with Gasteiger partial charge >= 0.3 is 0 Å². The molecule has 4 rings (SSSR count). The van der Waals surface area contributed by atoms with Gasteiger partial charge in [-0.25, -0.2) is 0 Å². The largest absolute Gasteiger partial charge is 0.491 e. The summed E-state index contributed by atoms with van der Waals surface area (Å²) in [4.78, 5) is 16.2. The number of nitrogens with one attached hydrogen (secondary N) is 1. The number of aliphatic hydroxyl groups excluding tert-OH is 1. The molecule has 0 aromatic heterocycles. The number of piperazine rings is 1. The summed E-state index contributed by atoms with van der Waals surface area (Å²) in [7, 11) is 0. The lowest BCUT2D eigenvalue weighted by Gasteiger charge is -2.37. The van der Waals surface area contributed by atoms with Crippen molar-refractivity contribution in [3.8, 4) is 5.75 Å². The molecule has 1 fully saturated rings. The molecule has 2 heterocycles. The number of nitrogens with zero attached hydrogens (tertiary/aromatic N) is 2. The molecule has 2 aromatic carbocycles. The zero-order valence-electron chi connectivity index (χ0n) is 18.3. The van der Waals surface area contributed by atoms with E-state index in [1.54, 1.807) is 0 Å². The first-order valence-corrected chi connectivity index (χ1v) is 11.4. The van der Waals surface area contributed by atoms with E-state index in [4.69, 9.17) is 4.74 Å². The fourth-order valence-corrected chi connectivity index (χ4v) is 4.34. The number of anilines is 2. The molecule has 6 nitrogen and oxygen atoms in total.